The minimum absolute atomic E-state index is 0.0526. The van der Waals surface area contributed by atoms with E-state index in [4.69, 9.17) is 4.74 Å². The molecule has 1 saturated heterocycles. The van der Waals surface area contributed by atoms with E-state index < -0.39 is 9.84 Å². The van der Waals surface area contributed by atoms with Crippen molar-refractivity contribution in [2.75, 3.05) is 25.2 Å². The van der Waals surface area contributed by atoms with Crippen LogP contribution >= 0.6 is 0 Å². The van der Waals surface area contributed by atoms with E-state index in [0.29, 0.717) is 19.5 Å². The zero-order valence-electron chi connectivity index (χ0n) is 12.5. The Morgan fingerprint density at radius 1 is 1.41 bits per heavy atom. The average molecular weight is 324 g/mol. The Balaban J connectivity index is 1.66. The van der Waals surface area contributed by atoms with Crippen LogP contribution in [0.4, 0.5) is 4.79 Å². The molecule has 120 valence electrons. The SMILES string of the molecule is COc1cccc2c1CCN(C(=O)NC1CCS(=O)(=O)C1)C2. The van der Waals surface area contributed by atoms with Crippen LogP contribution in [0.3, 0.4) is 0 Å². The molecule has 1 atom stereocenters. The predicted octanol–water partition coefficient (Wildman–Crippen LogP) is 0.950. The maximum Gasteiger partial charge on any atom is 0.317 e. The van der Waals surface area contributed by atoms with E-state index in [0.717, 1.165) is 23.3 Å². The van der Waals surface area contributed by atoms with Crippen molar-refractivity contribution in [1.82, 2.24) is 10.2 Å². The summed E-state index contributed by atoms with van der Waals surface area (Å²) < 4.78 is 28.3. The zero-order valence-corrected chi connectivity index (χ0v) is 13.4. The Morgan fingerprint density at radius 2 is 2.23 bits per heavy atom. The van der Waals surface area contributed by atoms with E-state index in [1.807, 2.05) is 18.2 Å². The number of nitrogens with one attached hydrogen (secondary N) is 1. The topological polar surface area (TPSA) is 75.7 Å². The van der Waals surface area contributed by atoms with Crippen molar-refractivity contribution in [2.45, 2.75) is 25.4 Å². The van der Waals surface area contributed by atoms with Gasteiger partial charge in [0, 0.05) is 24.7 Å². The van der Waals surface area contributed by atoms with E-state index in [2.05, 4.69) is 5.32 Å². The van der Waals surface area contributed by atoms with Gasteiger partial charge in [-0.1, -0.05) is 12.1 Å². The third-order valence-electron chi connectivity index (χ3n) is 4.29. The van der Waals surface area contributed by atoms with Gasteiger partial charge in [-0.2, -0.15) is 0 Å². The van der Waals surface area contributed by atoms with Crippen molar-refractivity contribution >= 4 is 15.9 Å². The fourth-order valence-corrected chi connectivity index (χ4v) is 4.79. The van der Waals surface area contributed by atoms with Gasteiger partial charge in [-0.05, 0) is 24.5 Å². The van der Waals surface area contributed by atoms with Crippen molar-refractivity contribution in [3.63, 3.8) is 0 Å². The fourth-order valence-electron chi connectivity index (χ4n) is 3.11. The Kier molecular flexibility index (Phi) is 3.99. The summed E-state index contributed by atoms with van der Waals surface area (Å²) in [4.78, 5) is 14.0. The molecule has 1 aromatic carbocycles. The summed E-state index contributed by atoms with van der Waals surface area (Å²) in [6, 6.07) is 5.40. The molecule has 1 unspecified atom stereocenters. The number of carbonyl (C=O) groups is 1. The number of methoxy groups -OCH3 is 1. The van der Waals surface area contributed by atoms with E-state index in [9.17, 15) is 13.2 Å². The first-order valence-corrected chi connectivity index (χ1v) is 9.21. The molecule has 22 heavy (non-hydrogen) atoms. The quantitative estimate of drug-likeness (QED) is 0.879. The van der Waals surface area contributed by atoms with E-state index in [1.165, 1.54) is 0 Å². The summed E-state index contributed by atoms with van der Waals surface area (Å²) in [6.45, 7) is 1.14. The molecule has 1 aromatic rings. The van der Waals surface area contributed by atoms with Gasteiger partial charge in [0.1, 0.15) is 5.75 Å². The highest BCUT2D eigenvalue weighted by Gasteiger charge is 2.31. The molecule has 1 fully saturated rings. The molecule has 0 saturated carbocycles. The molecule has 0 radical (unpaired) electrons. The van der Waals surface area contributed by atoms with Crippen LogP contribution < -0.4 is 10.1 Å². The molecule has 2 amide bonds. The van der Waals surface area contributed by atoms with Gasteiger partial charge in [-0.3, -0.25) is 0 Å². The minimum atomic E-state index is -2.98. The first-order chi connectivity index (χ1) is 10.5. The van der Waals surface area contributed by atoms with Gasteiger partial charge < -0.3 is 15.0 Å². The number of nitrogens with zero attached hydrogens (tertiary/aromatic N) is 1. The molecule has 0 aromatic heterocycles. The average Bonchev–Trinajstić information content (AvgIpc) is 2.84. The van der Waals surface area contributed by atoms with Gasteiger partial charge in [0.25, 0.3) is 0 Å². The highest BCUT2D eigenvalue weighted by Crippen LogP contribution is 2.27. The molecule has 0 aliphatic carbocycles. The summed E-state index contributed by atoms with van der Waals surface area (Å²) in [6.07, 6.45) is 1.25. The molecular weight excluding hydrogens is 304 g/mol. The van der Waals surface area contributed by atoms with Crippen molar-refractivity contribution in [2.24, 2.45) is 0 Å². The standard InChI is InChI=1S/C15H20N2O4S/c1-21-14-4-2-3-11-9-17(7-5-13(11)14)15(18)16-12-6-8-22(19,20)10-12/h2-4,12H,5-10H2,1H3,(H,16,18). The van der Waals surface area contributed by atoms with Crippen LogP contribution in [0.2, 0.25) is 0 Å². The Hall–Kier alpha value is -1.76. The normalized spacial score (nSPS) is 23.0. The molecule has 0 bridgehead atoms. The zero-order chi connectivity index (χ0) is 15.7. The van der Waals surface area contributed by atoms with Gasteiger partial charge in [0.05, 0.1) is 18.6 Å². The van der Waals surface area contributed by atoms with Crippen molar-refractivity contribution < 1.29 is 17.9 Å². The number of hydrogen-bond acceptors (Lipinski definition) is 4. The lowest BCUT2D eigenvalue weighted by Crippen LogP contribution is -2.47. The lowest BCUT2D eigenvalue weighted by molar-refractivity contribution is 0.189. The Bertz CT molecular complexity index is 687. The van der Waals surface area contributed by atoms with E-state index in [1.54, 1.807) is 12.0 Å². The second kappa shape index (κ2) is 5.79. The summed E-state index contributed by atoms with van der Waals surface area (Å²) in [7, 11) is -1.33. The Labute approximate surface area is 130 Å². The molecule has 1 N–H and O–H groups in total. The number of rotatable bonds is 2. The highest BCUT2D eigenvalue weighted by molar-refractivity contribution is 7.91. The van der Waals surface area contributed by atoms with Crippen LogP contribution in [0.5, 0.6) is 5.75 Å². The van der Waals surface area contributed by atoms with E-state index >= 15 is 0 Å². The molecule has 7 heteroatoms. The van der Waals surface area contributed by atoms with Crippen LogP contribution in [-0.2, 0) is 22.8 Å². The molecule has 0 spiro atoms. The number of sulfone groups is 1. The number of amides is 2. The number of benzene rings is 1. The number of hydrogen-bond donors (Lipinski definition) is 1. The first kappa shape index (κ1) is 15.1. The predicted molar refractivity (Wildman–Crippen MR) is 82.7 cm³/mol. The molecule has 3 rings (SSSR count). The maximum atomic E-state index is 12.3. The van der Waals surface area contributed by atoms with Gasteiger partial charge >= 0.3 is 6.03 Å². The van der Waals surface area contributed by atoms with Crippen LogP contribution in [0, 0.1) is 0 Å². The molecule has 2 heterocycles. The Morgan fingerprint density at radius 3 is 2.91 bits per heavy atom. The smallest absolute Gasteiger partial charge is 0.317 e. The molecule has 2 aliphatic rings. The van der Waals surface area contributed by atoms with Crippen LogP contribution in [0.25, 0.3) is 0 Å². The minimum Gasteiger partial charge on any atom is -0.496 e. The van der Waals surface area contributed by atoms with E-state index in [-0.39, 0.29) is 23.6 Å². The summed E-state index contributed by atoms with van der Waals surface area (Å²) in [5.74, 6) is 1.08. The molecule has 6 nitrogen and oxygen atoms in total. The van der Waals surface area contributed by atoms with Gasteiger partial charge in [-0.25, -0.2) is 13.2 Å². The monoisotopic (exact) mass is 324 g/mol. The summed E-state index contributed by atoms with van der Waals surface area (Å²) in [5.41, 5.74) is 2.23. The second-order valence-electron chi connectivity index (χ2n) is 5.82. The summed E-state index contributed by atoms with van der Waals surface area (Å²) in [5, 5.41) is 2.84. The third-order valence-corrected chi connectivity index (χ3v) is 6.06. The van der Waals surface area contributed by atoms with Crippen molar-refractivity contribution in [1.29, 1.82) is 0 Å². The van der Waals surface area contributed by atoms with Gasteiger partial charge in [0.15, 0.2) is 9.84 Å². The first-order valence-electron chi connectivity index (χ1n) is 7.39. The number of ether oxygens (including phenoxy) is 1. The van der Waals surface area contributed by atoms with Crippen LogP contribution in [-0.4, -0.2) is 50.6 Å². The molecular formula is C15H20N2O4S. The highest BCUT2D eigenvalue weighted by atomic mass is 32.2. The summed E-state index contributed by atoms with van der Waals surface area (Å²) >= 11 is 0. The lowest BCUT2D eigenvalue weighted by Gasteiger charge is -2.30. The van der Waals surface area contributed by atoms with Crippen molar-refractivity contribution in [3.8, 4) is 5.75 Å². The second-order valence-corrected chi connectivity index (χ2v) is 8.05. The van der Waals surface area contributed by atoms with Crippen molar-refractivity contribution in [3.05, 3.63) is 29.3 Å². The third kappa shape index (κ3) is 3.04. The lowest BCUT2D eigenvalue weighted by atomic mass is 9.99. The number of carbonyl (C=O) groups excluding carboxylic acids is 1. The maximum absolute atomic E-state index is 12.3. The molecule has 2 aliphatic heterocycles. The van der Waals surface area contributed by atoms with Crippen LogP contribution in [0.1, 0.15) is 17.5 Å². The largest absolute Gasteiger partial charge is 0.496 e. The number of urea groups is 1. The van der Waals surface area contributed by atoms with Gasteiger partial charge in [-0.15, -0.1) is 0 Å². The number of fused-ring (bicyclic) bond motifs is 1. The fraction of sp³-hybridized carbons (Fsp3) is 0.533. The van der Waals surface area contributed by atoms with Crippen LogP contribution in [0.15, 0.2) is 18.2 Å². The van der Waals surface area contributed by atoms with Gasteiger partial charge in [0.2, 0.25) is 0 Å².